The van der Waals surface area contributed by atoms with Gasteiger partial charge in [-0.25, -0.2) is 0 Å². The molecule has 0 aliphatic rings. The number of nitrogens with zero attached hydrogens (tertiary/aromatic N) is 2. The van der Waals surface area contributed by atoms with Crippen LogP contribution >= 0.6 is 0 Å². The quantitative estimate of drug-likeness (QED) is 0.580. The molecule has 0 atom stereocenters. The van der Waals surface area contributed by atoms with Crippen molar-refractivity contribution in [1.29, 1.82) is 0 Å². The summed E-state index contributed by atoms with van der Waals surface area (Å²) in [5.41, 5.74) is 6.62. The van der Waals surface area contributed by atoms with Gasteiger partial charge in [0.25, 0.3) is 0 Å². The number of phenols is 1. The topological polar surface area (TPSA) is 61.8 Å². The number of aromatic hydroxyl groups is 1. The van der Waals surface area contributed by atoms with Crippen LogP contribution < -0.4 is 0 Å². The highest BCUT2D eigenvalue weighted by Gasteiger charge is 2.14. The summed E-state index contributed by atoms with van der Waals surface area (Å²) < 4.78 is 0. The second-order valence-corrected chi connectivity index (χ2v) is 5.56. The van der Waals surface area contributed by atoms with E-state index in [0.717, 1.165) is 38.9 Å². The van der Waals surface area contributed by atoms with Gasteiger partial charge < -0.3 is 5.11 Å². The maximum absolute atomic E-state index is 10.2. The third kappa shape index (κ3) is 2.25. The van der Waals surface area contributed by atoms with Crippen molar-refractivity contribution in [1.82, 2.24) is 15.4 Å². The number of H-pyrrole nitrogens is 1. The van der Waals surface area contributed by atoms with Crippen LogP contribution in [-0.2, 0) is 0 Å². The third-order valence-corrected chi connectivity index (χ3v) is 4.01. The number of hydrogen-bond acceptors (Lipinski definition) is 3. The van der Waals surface area contributed by atoms with E-state index in [1.165, 1.54) is 0 Å². The number of nitrogens with one attached hydrogen (secondary N) is 1. The molecule has 4 rings (SSSR count). The molecule has 0 saturated carbocycles. The molecule has 3 aromatic carbocycles. The van der Waals surface area contributed by atoms with E-state index in [1.54, 1.807) is 6.07 Å². The summed E-state index contributed by atoms with van der Waals surface area (Å²) in [6.45, 7) is 2.06. The first-order chi connectivity index (χ1) is 11.2. The van der Waals surface area contributed by atoms with Crippen LogP contribution in [0, 0.1) is 6.92 Å². The minimum Gasteiger partial charge on any atom is -0.507 e. The summed E-state index contributed by atoms with van der Waals surface area (Å²) in [6.07, 6.45) is 0. The van der Waals surface area contributed by atoms with E-state index in [2.05, 4.69) is 28.4 Å². The number of benzene rings is 3. The molecule has 0 unspecified atom stereocenters. The summed E-state index contributed by atoms with van der Waals surface area (Å²) in [7, 11) is 0. The normalized spacial score (nSPS) is 11.0. The van der Waals surface area contributed by atoms with Crippen molar-refractivity contribution in [2.24, 2.45) is 0 Å². The molecular weight excluding hydrogens is 286 g/mol. The Morgan fingerprint density at radius 1 is 0.783 bits per heavy atom. The van der Waals surface area contributed by atoms with Gasteiger partial charge in [0.15, 0.2) is 0 Å². The summed E-state index contributed by atoms with van der Waals surface area (Å²) in [4.78, 5) is 0. The van der Waals surface area contributed by atoms with Crippen LogP contribution in [0.1, 0.15) is 5.56 Å². The molecule has 112 valence electrons. The zero-order chi connectivity index (χ0) is 15.8. The number of phenolic OH excluding ortho intramolecular Hbond substituents is 1. The summed E-state index contributed by atoms with van der Waals surface area (Å²) in [6, 6.07) is 19.5. The van der Waals surface area contributed by atoms with Crippen molar-refractivity contribution >= 4 is 11.0 Å². The summed E-state index contributed by atoms with van der Waals surface area (Å²) in [5.74, 6) is 0.268. The monoisotopic (exact) mass is 301 g/mol. The van der Waals surface area contributed by atoms with Crippen LogP contribution in [0.3, 0.4) is 0 Å². The Kier molecular flexibility index (Phi) is 3.08. The van der Waals surface area contributed by atoms with Gasteiger partial charge in [0.1, 0.15) is 16.8 Å². The van der Waals surface area contributed by atoms with Crippen molar-refractivity contribution in [2.75, 3.05) is 0 Å². The van der Waals surface area contributed by atoms with Crippen LogP contribution in [0.25, 0.3) is 33.3 Å². The number of aromatic nitrogens is 3. The lowest BCUT2D eigenvalue weighted by atomic mass is 9.92. The zero-order valence-corrected chi connectivity index (χ0v) is 12.6. The fourth-order valence-corrected chi connectivity index (χ4v) is 2.90. The van der Waals surface area contributed by atoms with Crippen molar-refractivity contribution in [2.45, 2.75) is 6.92 Å². The highest BCUT2D eigenvalue weighted by Crippen LogP contribution is 2.38. The first-order valence-electron chi connectivity index (χ1n) is 7.43. The molecular formula is C19H15N3O. The van der Waals surface area contributed by atoms with E-state index >= 15 is 0 Å². The molecule has 23 heavy (non-hydrogen) atoms. The number of rotatable bonds is 2. The molecule has 0 spiro atoms. The van der Waals surface area contributed by atoms with Crippen LogP contribution in [0.4, 0.5) is 0 Å². The lowest BCUT2D eigenvalue weighted by molar-refractivity contribution is 0.477. The fraction of sp³-hybridized carbons (Fsp3) is 0.0526. The van der Waals surface area contributed by atoms with Crippen LogP contribution in [0.15, 0.2) is 60.7 Å². The second-order valence-electron chi connectivity index (χ2n) is 5.56. The first kappa shape index (κ1) is 13.5. The Morgan fingerprint density at radius 3 is 2.48 bits per heavy atom. The average Bonchev–Trinajstić information content (AvgIpc) is 3.04. The SMILES string of the molecule is Cc1ccc(-c2ccccc2O)c(-c2cccc3n[nH]nc23)c1. The minimum absolute atomic E-state index is 0.268. The number of aryl methyl sites for hydroxylation is 1. The van der Waals surface area contributed by atoms with Crippen molar-refractivity contribution in [3.05, 3.63) is 66.2 Å². The number of aromatic amines is 1. The van der Waals surface area contributed by atoms with Gasteiger partial charge in [0.05, 0.1) is 0 Å². The molecule has 1 heterocycles. The number of para-hydroxylation sites is 2. The van der Waals surface area contributed by atoms with Crippen molar-refractivity contribution < 1.29 is 5.11 Å². The Morgan fingerprint density at radius 2 is 1.61 bits per heavy atom. The molecule has 0 radical (unpaired) electrons. The minimum atomic E-state index is 0.268. The van der Waals surface area contributed by atoms with Crippen LogP contribution in [0.2, 0.25) is 0 Å². The molecule has 0 aliphatic heterocycles. The molecule has 0 amide bonds. The Balaban J connectivity index is 2.04. The third-order valence-electron chi connectivity index (χ3n) is 4.01. The van der Waals surface area contributed by atoms with E-state index in [-0.39, 0.29) is 5.75 Å². The molecule has 0 aliphatic carbocycles. The standard InChI is InChI=1S/C19H15N3O/c1-12-9-10-13(14-5-2-3-8-18(14)23)16(11-12)15-6-4-7-17-19(15)21-22-20-17/h2-11,23H,1H3,(H,20,21,22). The predicted molar refractivity (Wildman–Crippen MR) is 91.2 cm³/mol. The van der Waals surface area contributed by atoms with Gasteiger partial charge in [-0.2, -0.15) is 15.4 Å². The van der Waals surface area contributed by atoms with Gasteiger partial charge in [-0.05, 0) is 30.2 Å². The number of fused-ring (bicyclic) bond motifs is 1. The maximum Gasteiger partial charge on any atom is 0.123 e. The summed E-state index contributed by atoms with van der Waals surface area (Å²) in [5, 5.41) is 21.4. The van der Waals surface area contributed by atoms with Gasteiger partial charge in [0.2, 0.25) is 0 Å². The average molecular weight is 301 g/mol. The van der Waals surface area contributed by atoms with E-state index in [1.807, 2.05) is 48.5 Å². The van der Waals surface area contributed by atoms with Gasteiger partial charge in [-0.15, -0.1) is 0 Å². The molecule has 0 fully saturated rings. The van der Waals surface area contributed by atoms with Gasteiger partial charge >= 0.3 is 0 Å². The van der Waals surface area contributed by atoms with E-state index in [9.17, 15) is 5.11 Å². The van der Waals surface area contributed by atoms with Crippen molar-refractivity contribution in [3.8, 4) is 28.0 Å². The fourth-order valence-electron chi connectivity index (χ4n) is 2.90. The predicted octanol–water partition coefficient (Wildman–Crippen LogP) is 4.31. The van der Waals surface area contributed by atoms with E-state index in [4.69, 9.17) is 0 Å². The molecule has 2 N–H and O–H groups in total. The lowest BCUT2D eigenvalue weighted by Crippen LogP contribution is -1.89. The molecule has 4 nitrogen and oxygen atoms in total. The number of hydrogen-bond donors (Lipinski definition) is 2. The highest BCUT2D eigenvalue weighted by molar-refractivity contribution is 5.97. The summed E-state index contributed by atoms with van der Waals surface area (Å²) >= 11 is 0. The molecule has 4 heteroatoms. The van der Waals surface area contributed by atoms with Crippen LogP contribution in [0.5, 0.6) is 5.75 Å². The van der Waals surface area contributed by atoms with Crippen LogP contribution in [-0.4, -0.2) is 20.5 Å². The zero-order valence-electron chi connectivity index (χ0n) is 12.6. The molecule has 0 bridgehead atoms. The first-order valence-corrected chi connectivity index (χ1v) is 7.43. The Hall–Kier alpha value is -3.14. The molecule has 4 aromatic rings. The lowest BCUT2D eigenvalue weighted by Gasteiger charge is -2.13. The van der Waals surface area contributed by atoms with Crippen molar-refractivity contribution in [3.63, 3.8) is 0 Å². The van der Waals surface area contributed by atoms with Gasteiger partial charge in [0, 0.05) is 11.1 Å². The molecule has 0 saturated heterocycles. The Bertz CT molecular complexity index is 1000. The second kappa shape index (κ2) is 5.25. The van der Waals surface area contributed by atoms with E-state index in [0.29, 0.717) is 0 Å². The van der Waals surface area contributed by atoms with Gasteiger partial charge in [-0.3, -0.25) is 0 Å². The maximum atomic E-state index is 10.2. The van der Waals surface area contributed by atoms with Gasteiger partial charge in [-0.1, -0.05) is 54.1 Å². The smallest absolute Gasteiger partial charge is 0.123 e. The largest absolute Gasteiger partial charge is 0.507 e. The highest BCUT2D eigenvalue weighted by atomic mass is 16.3. The van der Waals surface area contributed by atoms with E-state index < -0.39 is 0 Å². The molecule has 1 aromatic heterocycles. The Labute approximate surface area is 133 Å².